The molecule has 2 nitrogen and oxygen atoms in total. The normalized spacial score (nSPS) is 10.8. The zero-order chi connectivity index (χ0) is 13.9. The smallest absolute Gasteiger partial charge is 0.164 e. The van der Waals surface area contributed by atoms with Gasteiger partial charge in [0.2, 0.25) is 0 Å². The van der Waals surface area contributed by atoms with Crippen molar-refractivity contribution in [3.05, 3.63) is 72.2 Å². The van der Waals surface area contributed by atoms with Crippen molar-refractivity contribution in [2.45, 2.75) is 13.0 Å². The molecule has 3 aromatic rings. The van der Waals surface area contributed by atoms with Gasteiger partial charge < -0.3 is 4.57 Å². The Bertz CT molecular complexity index is 746. The van der Waals surface area contributed by atoms with E-state index in [9.17, 15) is 9.18 Å². The number of ketones is 1. The van der Waals surface area contributed by atoms with Gasteiger partial charge in [-0.05, 0) is 29.7 Å². The highest BCUT2D eigenvalue weighted by Gasteiger charge is 2.07. The predicted octanol–water partition coefficient (Wildman–Crippen LogP) is 4.05. The lowest BCUT2D eigenvalue weighted by molar-refractivity contribution is 0.0977. The maximum atomic E-state index is 13.3. The molecule has 1 aromatic heterocycles. The molecule has 2 aromatic carbocycles. The van der Waals surface area contributed by atoms with E-state index in [1.54, 1.807) is 6.07 Å². The standard InChI is InChI=1S/C17H14FNO/c18-15-7-6-13-8-10-19(16(13)12-15)11-9-17(20)14-4-2-1-3-5-14/h1-8,10,12H,9,11H2. The summed E-state index contributed by atoms with van der Waals surface area (Å²) in [4.78, 5) is 12.1. The molecule has 3 rings (SSSR count). The Kier molecular flexibility index (Phi) is 3.33. The topological polar surface area (TPSA) is 22.0 Å². The zero-order valence-electron chi connectivity index (χ0n) is 10.9. The molecule has 20 heavy (non-hydrogen) atoms. The molecule has 0 saturated heterocycles. The van der Waals surface area contributed by atoms with Crippen LogP contribution in [0.3, 0.4) is 0 Å². The molecular formula is C17H14FNO. The van der Waals surface area contributed by atoms with Crippen molar-refractivity contribution >= 4 is 16.7 Å². The number of aryl methyl sites for hydroxylation is 1. The van der Waals surface area contributed by atoms with Crippen LogP contribution in [-0.4, -0.2) is 10.4 Å². The van der Waals surface area contributed by atoms with Crippen molar-refractivity contribution in [2.75, 3.05) is 0 Å². The summed E-state index contributed by atoms with van der Waals surface area (Å²) in [5, 5.41) is 0.985. The van der Waals surface area contributed by atoms with Gasteiger partial charge in [0.15, 0.2) is 5.78 Å². The molecule has 0 radical (unpaired) electrons. The molecule has 0 unspecified atom stereocenters. The molecule has 0 amide bonds. The van der Waals surface area contributed by atoms with E-state index in [0.29, 0.717) is 13.0 Å². The molecule has 0 bridgehead atoms. The second-order valence-electron chi connectivity index (χ2n) is 4.75. The first-order valence-corrected chi connectivity index (χ1v) is 6.57. The Hall–Kier alpha value is -2.42. The number of benzene rings is 2. The third-order valence-electron chi connectivity index (χ3n) is 3.41. The minimum absolute atomic E-state index is 0.101. The van der Waals surface area contributed by atoms with E-state index in [1.807, 2.05) is 47.2 Å². The summed E-state index contributed by atoms with van der Waals surface area (Å²) in [7, 11) is 0. The number of carbonyl (C=O) groups is 1. The Morgan fingerprint density at radius 1 is 1.05 bits per heavy atom. The van der Waals surface area contributed by atoms with Gasteiger partial charge in [0, 0.05) is 24.7 Å². The lowest BCUT2D eigenvalue weighted by atomic mass is 10.1. The molecule has 0 aliphatic carbocycles. The maximum Gasteiger partial charge on any atom is 0.164 e. The summed E-state index contributed by atoms with van der Waals surface area (Å²) in [6.07, 6.45) is 2.30. The van der Waals surface area contributed by atoms with Gasteiger partial charge in [-0.1, -0.05) is 30.3 Å². The second kappa shape index (κ2) is 5.29. The predicted molar refractivity (Wildman–Crippen MR) is 77.3 cm³/mol. The molecule has 0 N–H and O–H groups in total. The van der Waals surface area contributed by atoms with E-state index in [2.05, 4.69) is 0 Å². The van der Waals surface area contributed by atoms with Crippen LogP contribution in [0.2, 0.25) is 0 Å². The maximum absolute atomic E-state index is 13.3. The van der Waals surface area contributed by atoms with Crippen molar-refractivity contribution in [1.29, 1.82) is 0 Å². The van der Waals surface area contributed by atoms with Crippen molar-refractivity contribution < 1.29 is 9.18 Å². The van der Waals surface area contributed by atoms with Gasteiger partial charge in [-0.15, -0.1) is 0 Å². The molecule has 0 atom stereocenters. The van der Waals surface area contributed by atoms with Gasteiger partial charge in [-0.2, -0.15) is 0 Å². The van der Waals surface area contributed by atoms with Gasteiger partial charge in [0.05, 0.1) is 5.52 Å². The lowest BCUT2D eigenvalue weighted by Gasteiger charge is -2.05. The van der Waals surface area contributed by atoms with E-state index in [4.69, 9.17) is 0 Å². The van der Waals surface area contributed by atoms with E-state index >= 15 is 0 Å². The Morgan fingerprint density at radius 3 is 2.65 bits per heavy atom. The van der Waals surface area contributed by atoms with E-state index in [0.717, 1.165) is 16.5 Å². The Labute approximate surface area is 116 Å². The molecule has 0 saturated carbocycles. The molecule has 3 heteroatoms. The van der Waals surface area contributed by atoms with Crippen LogP contribution in [0, 0.1) is 5.82 Å². The fourth-order valence-corrected chi connectivity index (χ4v) is 2.34. The number of halogens is 1. The second-order valence-corrected chi connectivity index (χ2v) is 4.75. The van der Waals surface area contributed by atoms with E-state index < -0.39 is 0 Å². The first-order chi connectivity index (χ1) is 9.74. The third kappa shape index (κ3) is 2.48. The number of Topliss-reactive ketones (excluding diaryl/α,β-unsaturated/α-hetero) is 1. The van der Waals surface area contributed by atoms with Gasteiger partial charge in [0.25, 0.3) is 0 Å². The number of rotatable bonds is 4. The van der Waals surface area contributed by atoms with Crippen LogP contribution in [0.1, 0.15) is 16.8 Å². The number of carbonyl (C=O) groups excluding carboxylic acids is 1. The van der Waals surface area contributed by atoms with Crippen molar-refractivity contribution in [1.82, 2.24) is 4.57 Å². The van der Waals surface area contributed by atoms with Crippen LogP contribution in [0.4, 0.5) is 4.39 Å². The average Bonchev–Trinajstić information content (AvgIpc) is 2.88. The quantitative estimate of drug-likeness (QED) is 0.653. The molecule has 0 spiro atoms. The fraction of sp³-hybridized carbons (Fsp3) is 0.118. The largest absolute Gasteiger partial charge is 0.347 e. The van der Waals surface area contributed by atoms with Crippen LogP contribution < -0.4 is 0 Å². The number of hydrogen-bond acceptors (Lipinski definition) is 1. The highest BCUT2D eigenvalue weighted by Crippen LogP contribution is 2.18. The molecular weight excluding hydrogens is 253 g/mol. The van der Waals surface area contributed by atoms with Gasteiger partial charge in [-0.3, -0.25) is 4.79 Å². The monoisotopic (exact) mass is 267 g/mol. The summed E-state index contributed by atoms with van der Waals surface area (Å²) in [5.74, 6) is -0.157. The van der Waals surface area contributed by atoms with E-state index in [1.165, 1.54) is 12.1 Å². The SMILES string of the molecule is O=C(CCn1ccc2ccc(F)cc21)c1ccccc1. The molecule has 0 aliphatic heterocycles. The van der Waals surface area contributed by atoms with Crippen LogP contribution in [0.25, 0.3) is 10.9 Å². The first-order valence-electron chi connectivity index (χ1n) is 6.57. The van der Waals surface area contributed by atoms with Gasteiger partial charge in [0.1, 0.15) is 5.82 Å². The van der Waals surface area contributed by atoms with Crippen LogP contribution in [-0.2, 0) is 6.54 Å². The average molecular weight is 267 g/mol. The minimum atomic E-state index is -0.258. The molecule has 0 fully saturated rings. The molecule has 0 aliphatic rings. The number of nitrogens with zero attached hydrogens (tertiary/aromatic N) is 1. The highest BCUT2D eigenvalue weighted by atomic mass is 19.1. The lowest BCUT2D eigenvalue weighted by Crippen LogP contribution is -2.05. The van der Waals surface area contributed by atoms with Crippen molar-refractivity contribution in [2.24, 2.45) is 0 Å². The summed E-state index contributed by atoms with van der Waals surface area (Å²) >= 11 is 0. The van der Waals surface area contributed by atoms with Crippen molar-refractivity contribution in [3.8, 4) is 0 Å². The van der Waals surface area contributed by atoms with Crippen molar-refractivity contribution in [3.63, 3.8) is 0 Å². The van der Waals surface area contributed by atoms with Gasteiger partial charge >= 0.3 is 0 Å². The Morgan fingerprint density at radius 2 is 1.85 bits per heavy atom. The summed E-state index contributed by atoms with van der Waals surface area (Å²) in [6, 6.07) is 15.9. The number of aromatic nitrogens is 1. The summed E-state index contributed by atoms with van der Waals surface area (Å²) in [6.45, 7) is 0.556. The summed E-state index contributed by atoms with van der Waals surface area (Å²) < 4.78 is 15.2. The Balaban J connectivity index is 1.77. The summed E-state index contributed by atoms with van der Waals surface area (Å²) in [5.41, 5.74) is 1.54. The van der Waals surface area contributed by atoms with Crippen LogP contribution in [0.15, 0.2) is 60.8 Å². The van der Waals surface area contributed by atoms with Crippen LogP contribution in [0.5, 0.6) is 0 Å². The zero-order valence-corrected chi connectivity index (χ0v) is 10.9. The molecule has 1 heterocycles. The number of fused-ring (bicyclic) bond motifs is 1. The van der Waals surface area contributed by atoms with E-state index in [-0.39, 0.29) is 11.6 Å². The van der Waals surface area contributed by atoms with Gasteiger partial charge in [-0.25, -0.2) is 4.39 Å². The number of hydrogen-bond donors (Lipinski definition) is 0. The minimum Gasteiger partial charge on any atom is -0.347 e. The molecule has 100 valence electrons. The fourth-order valence-electron chi connectivity index (χ4n) is 2.34. The highest BCUT2D eigenvalue weighted by molar-refractivity contribution is 5.96. The first kappa shape index (κ1) is 12.6. The van der Waals surface area contributed by atoms with Crippen LogP contribution >= 0.6 is 0 Å². The third-order valence-corrected chi connectivity index (χ3v) is 3.41.